The van der Waals surface area contributed by atoms with Crippen LogP contribution < -0.4 is 0 Å². The summed E-state index contributed by atoms with van der Waals surface area (Å²) in [6.45, 7) is 11.0. The van der Waals surface area contributed by atoms with Gasteiger partial charge in [-0.05, 0) is 49.4 Å². The molecule has 2 fully saturated rings. The quantitative estimate of drug-likeness (QED) is 0.607. The lowest BCUT2D eigenvalue weighted by atomic mass is 9.49. The van der Waals surface area contributed by atoms with E-state index in [0.29, 0.717) is 17.1 Å². The Morgan fingerprint density at radius 2 is 2.00 bits per heavy atom. The van der Waals surface area contributed by atoms with Crippen molar-refractivity contribution in [2.45, 2.75) is 59.3 Å². The topological polar surface area (TPSA) is 17.1 Å². The molecule has 1 nitrogen and oxygen atoms in total. The first-order chi connectivity index (χ1) is 7.36. The van der Waals surface area contributed by atoms with Gasteiger partial charge >= 0.3 is 0 Å². The third-order valence-electron chi connectivity index (χ3n) is 5.44. The second-order valence-electron chi connectivity index (χ2n) is 6.62. The molecular formula is C15H24O. The molecule has 2 aliphatic rings. The zero-order valence-electron chi connectivity index (χ0n) is 10.9. The third-order valence-corrected chi connectivity index (χ3v) is 5.44. The van der Waals surface area contributed by atoms with E-state index in [0.717, 1.165) is 19.3 Å². The Kier molecular flexibility index (Phi) is 2.76. The number of allylic oxidation sites excluding steroid dienone is 1. The summed E-state index contributed by atoms with van der Waals surface area (Å²) < 4.78 is 0. The van der Waals surface area contributed by atoms with Gasteiger partial charge in [-0.25, -0.2) is 0 Å². The molecule has 0 spiro atoms. The van der Waals surface area contributed by atoms with E-state index in [9.17, 15) is 4.79 Å². The number of hydrogen-bond donors (Lipinski definition) is 0. The first-order valence-electron chi connectivity index (χ1n) is 6.53. The van der Waals surface area contributed by atoms with Crippen LogP contribution in [0.1, 0.15) is 59.3 Å². The van der Waals surface area contributed by atoms with Crippen molar-refractivity contribution >= 4 is 5.78 Å². The van der Waals surface area contributed by atoms with E-state index in [-0.39, 0.29) is 5.41 Å². The molecule has 0 N–H and O–H groups in total. The summed E-state index contributed by atoms with van der Waals surface area (Å²) in [5.74, 6) is 1.12. The van der Waals surface area contributed by atoms with Crippen molar-refractivity contribution < 1.29 is 4.79 Å². The fourth-order valence-corrected chi connectivity index (χ4v) is 3.76. The predicted molar refractivity (Wildman–Crippen MR) is 67.2 cm³/mol. The number of fused-ring (bicyclic) bond motifs is 1. The summed E-state index contributed by atoms with van der Waals surface area (Å²) in [7, 11) is 0. The molecule has 1 heteroatoms. The van der Waals surface area contributed by atoms with E-state index in [1.165, 1.54) is 24.8 Å². The van der Waals surface area contributed by atoms with Gasteiger partial charge in [-0.3, -0.25) is 4.79 Å². The van der Waals surface area contributed by atoms with Gasteiger partial charge in [-0.15, -0.1) is 0 Å². The first kappa shape index (κ1) is 11.9. The van der Waals surface area contributed by atoms with Crippen molar-refractivity contribution in [3.05, 3.63) is 12.2 Å². The standard InChI is InChI=1S/C15H24O/c1-11(2)12-5-7-14(3)8-6-13(16)10-15(14,4)9-12/h12H,1,5-10H2,2-4H3. The first-order valence-corrected chi connectivity index (χ1v) is 6.53. The number of Topliss-reactive ketones (excluding diaryl/α,β-unsaturated/α-hetero) is 1. The highest BCUT2D eigenvalue weighted by Gasteiger charge is 2.51. The largest absolute Gasteiger partial charge is 0.300 e. The Hall–Kier alpha value is -0.590. The lowest BCUT2D eigenvalue weighted by molar-refractivity contribution is -0.133. The van der Waals surface area contributed by atoms with Crippen LogP contribution in [0.3, 0.4) is 0 Å². The van der Waals surface area contributed by atoms with E-state index in [1.807, 2.05) is 0 Å². The molecule has 16 heavy (non-hydrogen) atoms. The Morgan fingerprint density at radius 3 is 2.62 bits per heavy atom. The van der Waals surface area contributed by atoms with E-state index >= 15 is 0 Å². The van der Waals surface area contributed by atoms with E-state index in [2.05, 4.69) is 27.4 Å². The molecule has 0 aromatic heterocycles. The summed E-state index contributed by atoms with van der Waals surface area (Å²) in [4.78, 5) is 11.7. The molecular weight excluding hydrogens is 196 g/mol. The van der Waals surface area contributed by atoms with Crippen molar-refractivity contribution in [2.24, 2.45) is 16.7 Å². The van der Waals surface area contributed by atoms with Crippen LogP contribution in [0, 0.1) is 16.7 Å². The van der Waals surface area contributed by atoms with Crippen molar-refractivity contribution in [3.8, 4) is 0 Å². The van der Waals surface area contributed by atoms with Crippen LogP contribution in [0.4, 0.5) is 0 Å². The predicted octanol–water partition coefficient (Wildman–Crippen LogP) is 4.13. The Morgan fingerprint density at radius 1 is 1.31 bits per heavy atom. The van der Waals surface area contributed by atoms with E-state index < -0.39 is 0 Å². The van der Waals surface area contributed by atoms with Crippen LogP contribution in [0.25, 0.3) is 0 Å². The van der Waals surface area contributed by atoms with Gasteiger partial charge in [0.25, 0.3) is 0 Å². The lowest BCUT2D eigenvalue weighted by Crippen LogP contribution is -2.47. The van der Waals surface area contributed by atoms with Gasteiger partial charge in [0, 0.05) is 12.8 Å². The van der Waals surface area contributed by atoms with Gasteiger partial charge < -0.3 is 0 Å². The molecule has 0 heterocycles. The number of rotatable bonds is 1. The minimum atomic E-state index is 0.226. The average molecular weight is 220 g/mol. The highest BCUT2D eigenvalue weighted by Crippen LogP contribution is 2.59. The number of carbonyl (C=O) groups excluding carboxylic acids is 1. The maximum Gasteiger partial charge on any atom is 0.133 e. The smallest absolute Gasteiger partial charge is 0.133 e. The van der Waals surface area contributed by atoms with Crippen molar-refractivity contribution in [3.63, 3.8) is 0 Å². The lowest BCUT2D eigenvalue weighted by Gasteiger charge is -2.55. The van der Waals surface area contributed by atoms with Crippen molar-refractivity contribution in [1.29, 1.82) is 0 Å². The molecule has 0 aliphatic heterocycles. The van der Waals surface area contributed by atoms with E-state index in [1.54, 1.807) is 0 Å². The fourth-order valence-electron chi connectivity index (χ4n) is 3.76. The normalized spacial score (nSPS) is 43.9. The summed E-state index contributed by atoms with van der Waals surface area (Å²) in [6, 6.07) is 0. The van der Waals surface area contributed by atoms with Crippen molar-refractivity contribution in [2.75, 3.05) is 0 Å². The highest BCUT2D eigenvalue weighted by atomic mass is 16.1. The van der Waals surface area contributed by atoms with Crippen LogP contribution in [0.5, 0.6) is 0 Å². The summed E-state index contributed by atoms with van der Waals surface area (Å²) in [5.41, 5.74) is 1.93. The van der Waals surface area contributed by atoms with Gasteiger partial charge in [0.1, 0.15) is 5.78 Å². The number of hydrogen-bond acceptors (Lipinski definition) is 1. The van der Waals surface area contributed by atoms with Gasteiger partial charge in [-0.1, -0.05) is 26.0 Å². The molecule has 0 aromatic carbocycles. The molecule has 3 atom stereocenters. The van der Waals surface area contributed by atoms with Gasteiger partial charge in [0.15, 0.2) is 0 Å². The molecule has 3 unspecified atom stereocenters. The third kappa shape index (κ3) is 1.74. The molecule has 0 bridgehead atoms. The Balaban J connectivity index is 2.23. The molecule has 0 saturated heterocycles. The monoisotopic (exact) mass is 220 g/mol. The zero-order valence-corrected chi connectivity index (χ0v) is 10.9. The van der Waals surface area contributed by atoms with Crippen molar-refractivity contribution in [1.82, 2.24) is 0 Å². The Labute approximate surface area is 99.3 Å². The van der Waals surface area contributed by atoms with Crippen LogP contribution in [-0.4, -0.2) is 5.78 Å². The number of carbonyl (C=O) groups is 1. The number of ketones is 1. The summed E-state index contributed by atoms with van der Waals surface area (Å²) in [6.07, 6.45) is 6.43. The minimum Gasteiger partial charge on any atom is -0.300 e. The van der Waals surface area contributed by atoms with Gasteiger partial charge in [0.2, 0.25) is 0 Å². The average Bonchev–Trinajstić information content (AvgIpc) is 2.18. The zero-order chi connectivity index (χ0) is 12.0. The molecule has 0 amide bonds. The summed E-state index contributed by atoms with van der Waals surface area (Å²) in [5, 5.41) is 0. The van der Waals surface area contributed by atoms with Crippen LogP contribution in [-0.2, 0) is 4.79 Å². The molecule has 90 valence electrons. The second-order valence-corrected chi connectivity index (χ2v) is 6.62. The van der Waals surface area contributed by atoms with Gasteiger partial charge in [-0.2, -0.15) is 0 Å². The summed E-state index contributed by atoms with van der Waals surface area (Å²) >= 11 is 0. The van der Waals surface area contributed by atoms with Crippen LogP contribution in [0.2, 0.25) is 0 Å². The van der Waals surface area contributed by atoms with Gasteiger partial charge in [0.05, 0.1) is 0 Å². The second kappa shape index (κ2) is 3.72. The molecule has 0 aromatic rings. The Bertz CT molecular complexity index is 330. The molecule has 2 aliphatic carbocycles. The van der Waals surface area contributed by atoms with E-state index in [4.69, 9.17) is 0 Å². The van der Waals surface area contributed by atoms with Crippen LogP contribution >= 0.6 is 0 Å². The maximum atomic E-state index is 11.7. The van der Waals surface area contributed by atoms with Crippen LogP contribution in [0.15, 0.2) is 12.2 Å². The fraction of sp³-hybridized carbons (Fsp3) is 0.800. The molecule has 2 saturated carbocycles. The molecule has 2 rings (SSSR count). The minimum absolute atomic E-state index is 0.226. The molecule has 0 radical (unpaired) electrons. The maximum absolute atomic E-state index is 11.7. The SMILES string of the molecule is C=C(C)C1CCC2(C)CCC(=O)CC2(C)C1. The highest BCUT2D eigenvalue weighted by molar-refractivity contribution is 5.80.